The number of ether oxygens (including phenoxy) is 1. The summed E-state index contributed by atoms with van der Waals surface area (Å²) in [5.41, 5.74) is 1.24. The molecule has 3 rings (SSSR count). The Morgan fingerprint density at radius 1 is 1.07 bits per heavy atom. The van der Waals surface area contributed by atoms with Crippen molar-refractivity contribution in [2.24, 2.45) is 0 Å². The maximum Gasteiger partial charge on any atom is 0.252 e. The number of nitrogens with zero attached hydrogens (tertiary/aromatic N) is 1. The Kier molecular flexibility index (Phi) is 6.95. The summed E-state index contributed by atoms with van der Waals surface area (Å²) < 4.78 is 31.9. The molecule has 9 heteroatoms. The highest BCUT2D eigenvalue weighted by molar-refractivity contribution is 7.89. The molecule has 1 aliphatic heterocycles. The summed E-state index contributed by atoms with van der Waals surface area (Å²) in [6.45, 7) is 1.93. The predicted molar refractivity (Wildman–Crippen MR) is 109 cm³/mol. The second kappa shape index (κ2) is 9.24. The Hall–Kier alpha value is -1.64. The zero-order valence-electron chi connectivity index (χ0n) is 15.0. The molecular weight excluding hydrogens is 423 g/mol. The zero-order valence-corrected chi connectivity index (χ0v) is 17.4. The van der Waals surface area contributed by atoms with Crippen molar-refractivity contribution in [2.75, 3.05) is 32.8 Å². The number of hydrogen-bond donors (Lipinski definition) is 1. The molecule has 0 spiro atoms. The van der Waals surface area contributed by atoms with Gasteiger partial charge in [0.05, 0.1) is 28.7 Å². The van der Waals surface area contributed by atoms with Gasteiger partial charge in [-0.15, -0.1) is 0 Å². The van der Waals surface area contributed by atoms with E-state index in [1.807, 2.05) is 0 Å². The van der Waals surface area contributed by atoms with Crippen LogP contribution in [0.3, 0.4) is 0 Å². The maximum absolute atomic E-state index is 12.6. The lowest BCUT2D eigenvalue weighted by Crippen LogP contribution is -2.40. The molecule has 0 aliphatic carbocycles. The van der Waals surface area contributed by atoms with Gasteiger partial charge in [-0.1, -0.05) is 35.3 Å². The fourth-order valence-electron chi connectivity index (χ4n) is 2.85. The highest BCUT2D eigenvalue weighted by Gasteiger charge is 2.26. The Labute approximate surface area is 174 Å². The molecule has 2 aromatic rings. The smallest absolute Gasteiger partial charge is 0.252 e. The standard InChI is InChI=1S/C19H20Cl2N2O4S/c20-15-3-6-18(21)17(13-15)19(24)22-8-7-14-1-4-16(5-2-14)28(25,26)23-9-11-27-12-10-23/h1-6,13H,7-12H2,(H,22,24). The molecule has 0 aromatic heterocycles. The molecule has 0 saturated carbocycles. The van der Waals surface area contributed by atoms with Gasteiger partial charge < -0.3 is 10.1 Å². The Morgan fingerprint density at radius 2 is 1.75 bits per heavy atom. The van der Waals surface area contributed by atoms with E-state index in [4.69, 9.17) is 27.9 Å². The fraction of sp³-hybridized carbons (Fsp3) is 0.316. The molecule has 150 valence electrons. The molecule has 28 heavy (non-hydrogen) atoms. The first-order valence-corrected chi connectivity index (χ1v) is 11.0. The van der Waals surface area contributed by atoms with Crippen LogP contribution in [0.1, 0.15) is 15.9 Å². The first-order valence-electron chi connectivity index (χ1n) is 8.78. The molecule has 1 fully saturated rings. The lowest BCUT2D eigenvalue weighted by Gasteiger charge is -2.26. The van der Waals surface area contributed by atoms with Crippen LogP contribution in [0.25, 0.3) is 0 Å². The van der Waals surface area contributed by atoms with E-state index in [-0.39, 0.29) is 10.8 Å². The van der Waals surface area contributed by atoms with Crippen molar-refractivity contribution >= 4 is 39.1 Å². The summed E-state index contributed by atoms with van der Waals surface area (Å²) in [4.78, 5) is 12.5. The summed E-state index contributed by atoms with van der Waals surface area (Å²) in [5, 5.41) is 3.56. The summed E-state index contributed by atoms with van der Waals surface area (Å²) >= 11 is 11.9. The minimum absolute atomic E-state index is 0.257. The summed E-state index contributed by atoms with van der Waals surface area (Å²) in [5.74, 6) is -0.306. The van der Waals surface area contributed by atoms with Crippen LogP contribution in [0.5, 0.6) is 0 Å². The highest BCUT2D eigenvalue weighted by Crippen LogP contribution is 2.21. The quantitative estimate of drug-likeness (QED) is 0.745. The number of amides is 1. The average molecular weight is 443 g/mol. The third-order valence-electron chi connectivity index (χ3n) is 4.40. The normalized spacial score (nSPS) is 15.4. The number of nitrogens with one attached hydrogen (secondary N) is 1. The number of carbonyl (C=O) groups is 1. The minimum Gasteiger partial charge on any atom is -0.379 e. The Morgan fingerprint density at radius 3 is 2.43 bits per heavy atom. The number of carbonyl (C=O) groups excluding carboxylic acids is 1. The van der Waals surface area contributed by atoms with Gasteiger partial charge in [0.1, 0.15) is 0 Å². The molecule has 6 nitrogen and oxygen atoms in total. The molecule has 1 amide bonds. The zero-order chi connectivity index (χ0) is 20.1. The monoisotopic (exact) mass is 442 g/mol. The van der Waals surface area contributed by atoms with Crippen molar-refractivity contribution in [1.82, 2.24) is 9.62 Å². The van der Waals surface area contributed by atoms with Gasteiger partial charge in [-0.3, -0.25) is 4.79 Å². The summed E-state index contributed by atoms with van der Waals surface area (Å²) in [6.07, 6.45) is 0.557. The minimum atomic E-state index is -3.50. The molecule has 0 radical (unpaired) electrons. The molecular formula is C19H20Cl2N2O4S. The molecule has 1 saturated heterocycles. The fourth-order valence-corrected chi connectivity index (χ4v) is 4.63. The van der Waals surface area contributed by atoms with Gasteiger partial charge in [-0.2, -0.15) is 4.31 Å². The second-order valence-corrected chi connectivity index (χ2v) is 9.07. The first-order chi connectivity index (χ1) is 13.4. The van der Waals surface area contributed by atoms with Gasteiger partial charge in [0.2, 0.25) is 10.0 Å². The van der Waals surface area contributed by atoms with Crippen molar-refractivity contribution in [3.05, 3.63) is 63.6 Å². The van der Waals surface area contributed by atoms with Crippen LogP contribution in [0.4, 0.5) is 0 Å². The number of rotatable bonds is 6. The summed E-state index contributed by atoms with van der Waals surface area (Å²) in [6, 6.07) is 11.4. The third kappa shape index (κ3) is 5.04. The summed E-state index contributed by atoms with van der Waals surface area (Å²) in [7, 11) is -3.50. The van der Waals surface area contributed by atoms with Gasteiger partial charge in [-0.05, 0) is 42.3 Å². The van der Waals surface area contributed by atoms with E-state index in [9.17, 15) is 13.2 Å². The second-order valence-electron chi connectivity index (χ2n) is 6.29. The van der Waals surface area contributed by atoms with Gasteiger partial charge in [-0.25, -0.2) is 8.42 Å². The van der Waals surface area contributed by atoms with E-state index in [0.717, 1.165) is 5.56 Å². The molecule has 0 atom stereocenters. The van der Waals surface area contributed by atoms with E-state index in [0.29, 0.717) is 54.9 Å². The van der Waals surface area contributed by atoms with Gasteiger partial charge >= 0.3 is 0 Å². The SMILES string of the molecule is O=C(NCCc1ccc(S(=O)(=O)N2CCOCC2)cc1)c1cc(Cl)ccc1Cl. The highest BCUT2D eigenvalue weighted by atomic mass is 35.5. The van der Waals surface area contributed by atoms with Crippen LogP contribution in [0.2, 0.25) is 10.0 Å². The van der Waals surface area contributed by atoms with Crippen molar-refractivity contribution in [2.45, 2.75) is 11.3 Å². The maximum atomic E-state index is 12.6. The van der Waals surface area contributed by atoms with Crippen LogP contribution < -0.4 is 5.32 Å². The lowest BCUT2D eigenvalue weighted by atomic mass is 10.1. The van der Waals surface area contributed by atoms with Crippen molar-refractivity contribution in [3.8, 4) is 0 Å². The van der Waals surface area contributed by atoms with Crippen molar-refractivity contribution in [3.63, 3.8) is 0 Å². The van der Waals surface area contributed by atoms with Gasteiger partial charge in [0, 0.05) is 24.7 Å². The van der Waals surface area contributed by atoms with Crippen LogP contribution >= 0.6 is 23.2 Å². The number of halogens is 2. The van der Waals surface area contributed by atoms with Gasteiger partial charge in [0.25, 0.3) is 5.91 Å². The average Bonchev–Trinajstić information content (AvgIpc) is 2.71. The van der Waals surface area contributed by atoms with E-state index < -0.39 is 10.0 Å². The van der Waals surface area contributed by atoms with Crippen LogP contribution in [-0.4, -0.2) is 51.5 Å². The van der Waals surface area contributed by atoms with E-state index >= 15 is 0 Å². The Balaban J connectivity index is 1.57. The van der Waals surface area contributed by atoms with Crippen LogP contribution in [-0.2, 0) is 21.2 Å². The van der Waals surface area contributed by atoms with Crippen LogP contribution in [0, 0.1) is 0 Å². The predicted octanol–water partition coefficient (Wildman–Crippen LogP) is 2.99. The van der Waals surface area contributed by atoms with E-state index in [1.54, 1.807) is 36.4 Å². The number of hydrogen-bond acceptors (Lipinski definition) is 4. The number of benzene rings is 2. The van der Waals surface area contributed by atoms with E-state index in [1.165, 1.54) is 10.4 Å². The molecule has 1 N–H and O–H groups in total. The third-order valence-corrected chi connectivity index (χ3v) is 6.88. The number of morpholine rings is 1. The molecule has 1 aliphatic rings. The molecule has 0 unspecified atom stereocenters. The first kappa shape index (κ1) is 21.1. The molecule has 2 aromatic carbocycles. The number of sulfonamides is 1. The molecule has 0 bridgehead atoms. The van der Waals surface area contributed by atoms with Gasteiger partial charge in [0.15, 0.2) is 0 Å². The Bertz CT molecular complexity index is 943. The van der Waals surface area contributed by atoms with E-state index in [2.05, 4.69) is 5.32 Å². The van der Waals surface area contributed by atoms with Crippen molar-refractivity contribution < 1.29 is 17.9 Å². The van der Waals surface area contributed by atoms with Crippen LogP contribution in [0.15, 0.2) is 47.4 Å². The topological polar surface area (TPSA) is 75.7 Å². The molecule has 1 heterocycles. The van der Waals surface area contributed by atoms with Crippen molar-refractivity contribution in [1.29, 1.82) is 0 Å². The largest absolute Gasteiger partial charge is 0.379 e. The lowest BCUT2D eigenvalue weighted by molar-refractivity contribution is 0.0730.